The van der Waals surface area contributed by atoms with Crippen LogP contribution in [0.4, 0.5) is 18.9 Å². The number of aromatic nitrogens is 1. The molecule has 0 saturated carbocycles. The molecule has 0 saturated heterocycles. The first kappa shape index (κ1) is 12.5. The van der Waals surface area contributed by atoms with E-state index in [4.69, 9.17) is 10.2 Å². The molecule has 1 aromatic carbocycles. The van der Waals surface area contributed by atoms with Gasteiger partial charge < -0.3 is 10.2 Å². The minimum absolute atomic E-state index is 0.143. The van der Waals surface area contributed by atoms with Crippen molar-refractivity contribution in [2.24, 2.45) is 0 Å². The van der Waals surface area contributed by atoms with Gasteiger partial charge in [-0.2, -0.15) is 13.2 Å². The van der Waals surface area contributed by atoms with E-state index in [-0.39, 0.29) is 11.5 Å². The first-order chi connectivity index (χ1) is 8.41. The molecular weight excluding hydrogens is 245 g/mol. The molecule has 96 valence electrons. The van der Waals surface area contributed by atoms with Crippen molar-refractivity contribution in [2.75, 3.05) is 5.73 Å². The van der Waals surface area contributed by atoms with Crippen LogP contribution in [-0.4, -0.2) is 4.98 Å². The van der Waals surface area contributed by atoms with Gasteiger partial charge in [0.25, 0.3) is 0 Å². The van der Waals surface area contributed by atoms with Crippen molar-refractivity contribution in [1.82, 2.24) is 4.98 Å². The molecule has 2 rings (SSSR count). The maximum absolute atomic E-state index is 12.5. The Bertz CT molecular complexity index is 543. The average molecular weight is 256 g/mol. The van der Waals surface area contributed by atoms with Gasteiger partial charge in [-0.05, 0) is 30.7 Å². The Morgan fingerprint density at radius 1 is 1.22 bits per heavy atom. The zero-order valence-corrected chi connectivity index (χ0v) is 9.58. The fourth-order valence-corrected chi connectivity index (χ4v) is 1.57. The molecule has 0 spiro atoms. The molecule has 1 aromatic heterocycles. The Labute approximate surface area is 101 Å². The summed E-state index contributed by atoms with van der Waals surface area (Å²) in [5, 5.41) is 0. The first-order valence-corrected chi connectivity index (χ1v) is 5.34. The summed E-state index contributed by atoms with van der Waals surface area (Å²) in [6.45, 7) is 1.72. The van der Waals surface area contributed by atoms with Gasteiger partial charge in [0.05, 0.1) is 5.69 Å². The Balaban J connectivity index is 2.50. The molecule has 0 aliphatic rings. The van der Waals surface area contributed by atoms with E-state index < -0.39 is 12.1 Å². The number of anilines is 1. The molecule has 0 bridgehead atoms. The van der Waals surface area contributed by atoms with Crippen LogP contribution >= 0.6 is 0 Å². The third-order valence-electron chi connectivity index (χ3n) is 2.45. The minimum atomic E-state index is -4.57. The molecule has 6 heteroatoms. The lowest BCUT2D eigenvalue weighted by Gasteiger charge is -2.00. The molecule has 2 N–H and O–H groups in total. The van der Waals surface area contributed by atoms with Crippen LogP contribution in [0.15, 0.2) is 28.7 Å². The van der Waals surface area contributed by atoms with Crippen molar-refractivity contribution in [3.05, 3.63) is 35.9 Å². The zero-order chi connectivity index (χ0) is 13.3. The summed E-state index contributed by atoms with van der Waals surface area (Å²) in [5.74, 6) is -1.07. The number of halogens is 3. The summed E-state index contributed by atoms with van der Waals surface area (Å²) in [6, 6.07) is 6.42. The van der Waals surface area contributed by atoms with Crippen molar-refractivity contribution in [2.45, 2.75) is 19.5 Å². The molecule has 1 heterocycles. The largest absolute Gasteiger partial charge is 0.468 e. The highest BCUT2D eigenvalue weighted by Crippen LogP contribution is 2.34. The first-order valence-electron chi connectivity index (χ1n) is 5.34. The summed E-state index contributed by atoms with van der Waals surface area (Å²) in [5.41, 5.74) is 6.87. The highest BCUT2D eigenvalue weighted by molar-refractivity contribution is 5.62. The number of nitrogens with zero attached hydrogens (tertiary/aromatic N) is 1. The lowest BCUT2D eigenvalue weighted by Crippen LogP contribution is -2.05. The van der Waals surface area contributed by atoms with Gasteiger partial charge in [0, 0.05) is 11.3 Å². The number of hydrogen-bond acceptors (Lipinski definition) is 3. The monoisotopic (exact) mass is 256 g/mol. The fraction of sp³-hybridized carbons (Fsp3) is 0.250. The SMILES string of the molecule is CCc1nc(C(F)(F)F)oc1-c1ccc(N)cc1. The Kier molecular flexibility index (Phi) is 3.02. The zero-order valence-electron chi connectivity index (χ0n) is 9.58. The van der Waals surface area contributed by atoms with E-state index >= 15 is 0 Å². The van der Waals surface area contributed by atoms with Crippen molar-refractivity contribution in [3.8, 4) is 11.3 Å². The van der Waals surface area contributed by atoms with Gasteiger partial charge in [0.1, 0.15) is 0 Å². The van der Waals surface area contributed by atoms with Crippen LogP contribution in [0.3, 0.4) is 0 Å². The Hall–Kier alpha value is -1.98. The average Bonchev–Trinajstić information content (AvgIpc) is 2.73. The van der Waals surface area contributed by atoms with Crippen molar-refractivity contribution in [3.63, 3.8) is 0 Å². The van der Waals surface area contributed by atoms with E-state index in [2.05, 4.69) is 4.98 Å². The molecule has 2 aromatic rings. The smallest absolute Gasteiger partial charge is 0.433 e. The number of hydrogen-bond donors (Lipinski definition) is 1. The number of oxazole rings is 1. The highest BCUT2D eigenvalue weighted by atomic mass is 19.4. The summed E-state index contributed by atoms with van der Waals surface area (Å²) in [4.78, 5) is 3.48. The van der Waals surface area contributed by atoms with Gasteiger partial charge >= 0.3 is 12.1 Å². The maximum Gasteiger partial charge on any atom is 0.468 e. The number of nitrogens with two attached hydrogens (primary N) is 1. The number of alkyl halides is 3. The number of aryl methyl sites for hydroxylation is 1. The maximum atomic E-state index is 12.5. The molecule has 3 nitrogen and oxygen atoms in total. The normalized spacial score (nSPS) is 11.8. The molecule has 0 aliphatic heterocycles. The van der Waals surface area contributed by atoms with Gasteiger partial charge in [0.2, 0.25) is 0 Å². The molecule has 0 atom stereocenters. The molecule has 18 heavy (non-hydrogen) atoms. The highest BCUT2D eigenvalue weighted by Gasteiger charge is 2.38. The lowest BCUT2D eigenvalue weighted by atomic mass is 10.1. The molecule has 0 aliphatic carbocycles. The van der Waals surface area contributed by atoms with E-state index in [1.807, 2.05) is 0 Å². The second kappa shape index (κ2) is 4.36. The van der Waals surface area contributed by atoms with Crippen molar-refractivity contribution >= 4 is 5.69 Å². The second-order valence-corrected chi connectivity index (χ2v) is 3.77. The summed E-state index contributed by atoms with van der Waals surface area (Å²) in [6.07, 6.45) is -4.21. The topological polar surface area (TPSA) is 52.0 Å². The van der Waals surface area contributed by atoms with Gasteiger partial charge in [-0.1, -0.05) is 6.92 Å². The van der Waals surface area contributed by atoms with E-state index in [1.165, 1.54) is 0 Å². The lowest BCUT2D eigenvalue weighted by molar-refractivity contribution is -0.156. The minimum Gasteiger partial charge on any atom is -0.433 e. The molecule has 0 unspecified atom stereocenters. The Morgan fingerprint density at radius 3 is 2.33 bits per heavy atom. The summed E-state index contributed by atoms with van der Waals surface area (Å²) in [7, 11) is 0. The number of rotatable bonds is 2. The summed E-state index contributed by atoms with van der Waals surface area (Å²) >= 11 is 0. The van der Waals surface area contributed by atoms with Gasteiger partial charge in [-0.3, -0.25) is 0 Å². The predicted molar refractivity (Wildman–Crippen MR) is 60.7 cm³/mol. The van der Waals surface area contributed by atoms with Gasteiger partial charge in [0.15, 0.2) is 5.76 Å². The van der Waals surface area contributed by atoms with Crippen molar-refractivity contribution < 1.29 is 17.6 Å². The molecule has 0 amide bonds. The second-order valence-electron chi connectivity index (χ2n) is 3.77. The third kappa shape index (κ3) is 2.32. The van der Waals surface area contributed by atoms with E-state index in [1.54, 1.807) is 31.2 Å². The van der Waals surface area contributed by atoms with E-state index in [0.29, 0.717) is 17.7 Å². The van der Waals surface area contributed by atoms with Crippen LogP contribution in [-0.2, 0) is 12.6 Å². The fourth-order valence-electron chi connectivity index (χ4n) is 1.57. The number of nitrogen functional groups attached to an aromatic ring is 1. The van der Waals surface area contributed by atoms with Crippen LogP contribution in [0.5, 0.6) is 0 Å². The summed E-state index contributed by atoms with van der Waals surface area (Å²) < 4.78 is 42.4. The number of benzene rings is 1. The molecule has 0 radical (unpaired) electrons. The quantitative estimate of drug-likeness (QED) is 0.836. The van der Waals surface area contributed by atoms with Crippen LogP contribution in [0, 0.1) is 0 Å². The van der Waals surface area contributed by atoms with Gasteiger partial charge in [-0.25, -0.2) is 4.98 Å². The third-order valence-corrected chi connectivity index (χ3v) is 2.45. The van der Waals surface area contributed by atoms with Crippen molar-refractivity contribution in [1.29, 1.82) is 0 Å². The van der Waals surface area contributed by atoms with Crippen LogP contribution in [0.1, 0.15) is 18.5 Å². The molecule has 0 fully saturated rings. The van der Waals surface area contributed by atoms with E-state index in [9.17, 15) is 13.2 Å². The Morgan fingerprint density at radius 2 is 1.83 bits per heavy atom. The van der Waals surface area contributed by atoms with Gasteiger partial charge in [-0.15, -0.1) is 0 Å². The van der Waals surface area contributed by atoms with Crippen LogP contribution in [0.25, 0.3) is 11.3 Å². The van der Waals surface area contributed by atoms with Crippen LogP contribution in [0.2, 0.25) is 0 Å². The standard InChI is InChI=1S/C12H11F3N2O/c1-2-9-10(7-3-5-8(16)6-4-7)18-11(17-9)12(13,14)15/h3-6H,2,16H2,1H3. The predicted octanol–water partition coefficient (Wildman–Crippen LogP) is 3.51. The molecular formula is C12H11F3N2O. The van der Waals surface area contributed by atoms with E-state index in [0.717, 1.165) is 0 Å². The van der Waals surface area contributed by atoms with Crippen LogP contribution < -0.4 is 5.73 Å².